The number of benzene rings is 1. The summed E-state index contributed by atoms with van der Waals surface area (Å²) in [5.74, 6) is -0.921. The third kappa shape index (κ3) is 3.58. The number of nitrogen functional groups attached to an aromatic ring is 1. The average Bonchev–Trinajstić information content (AvgIpc) is 2.25. The van der Waals surface area contributed by atoms with E-state index >= 15 is 0 Å². The second-order valence-electron chi connectivity index (χ2n) is 3.60. The van der Waals surface area contributed by atoms with Crippen LogP contribution in [-0.2, 0) is 14.8 Å². The van der Waals surface area contributed by atoms with Crippen LogP contribution in [0.1, 0.15) is 0 Å². The van der Waals surface area contributed by atoms with E-state index in [0.29, 0.717) is 0 Å². The molecule has 0 saturated heterocycles. The molecule has 0 heterocycles. The summed E-state index contributed by atoms with van der Waals surface area (Å²) < 4.78 is 22.6. The Kier molecular flexibility index (Phi) is 4.11. The van der Waals surface area contributed by atoms with Gasteiger partial charge in [-0.2, -0.15) is 0 Å². The van der Waals surface area contributed by atoms with Crippen molar-refractivity contribution >= 4 is 27.3 Å². The number of primary sulfonamides is 1. The number of aliphatic hydroxyl groups is 1. The van der Waals surface area contributed by atoms with Crippen molar-refractivity contribution in [3.8, 4) is 0 Å². The van der Waals surface area contributed by atoms with Crippen molar-refractivity contribution in [1.29, 1.82) is 0 Å². The van der Waals surface area contributed by atoms with Crippen LogP contribution < -0.4 is 21.9 Å². The molecule has 0 fully saturated rings. The van der Waals surface area contributed by atoms with Gasteiger partial charge in [0.2, 0.25) is 15.9 Å². The van der Waals surface area contributed by atoms with Gasteiger partial charge in [-0.1, -0.05) is 0 Å². The van der Waals surface area contributed by atoms with Crippen molar-refractivity contribution < 1.29 is 18.3 Å². The normalized spacial score (nSPS) is 13.0. The Balaban J connectivity index is 3.00. The highest BCUT2D eigenvalue weighted by molar-refractivity contribution is 7.89. The van der Waals surface area contributed by atoms with Gasteiger partial charge in [0, 0.05) is 12.2 Å². The topological polar surface area (TPSA) is 162 Å². The summed E-state index contributed by atoms with van der Waals surface area (Å²) in [6, 6.07) is 4.00. The Morgan fingerprint density at radius 2 is 2.06 bits per heavy atom. The zero-order chi connectivity index (χ0) is 13.9. The number of carbonyl (C=O) groups excluding carboxylic acids is 1. The number of anilines is 2. The van der Waals surface area contributed by atoms with Crippen LogP contribution in [-0.4, -0.2) is 32.1 Å². The lowest BCUT2D eigenvalue weighted by Gasteiger charge is -2.13. The monoisotopic (exact) mass is 274 g/mol. The zero-order valence-electron chi connectivity index (χ0n) is 9.33. The second-order valence-corrected chi connectivity index (χ2v) is 5.13. The van der Waals surface area contributed by atoms with E-state index in [9.17, 15) is 18.3 Å². The van der Waals surface area contributed by atoms with Gasteiger partial charge in [-0.15, -0.1) is 0 Å². The van der Waals surface area contributed by atoms with Crippen molar-refractivity contribution in [3.63, 3.8) is 0 Å². The number of hydrogen-bond donors (Lipinski definition) is 5. The summed E-state index contributed by atoms with van der Waals surface area (Å²) in [4.78, 5) is 10.4. The van der Waals surface area contributed by atoms with Crippen LogP contribution in [0.2, 0.25) is 0 Å². The molecule has 0 radical (unpaired) electrons. The first kappa shape index (κ1) is 14.2. The number of nitrogens with two attached hydrogens (primary N) is 3. The maximum absolute atomic E-state index is 11.3. The lowest BCUT2D eigenvalue weighted by atomic mass is 10.2. The summed E-state index contributed by atoms with van der Waals surface area (Å²) in [6.45, 7) is -0.234. The number of amides is 1. The summed E-state index contributed by atoms with van der Waals surface area (Å²) in [7, 11) is -3.96. The summed E-state index contributed by atoms with van der Waals surface area (Å²) in [6.07, 6.45) is -1.43. The Hall–Kier alpha value is -1.84. The van der Waals surface area contributed by atoms with Crippen LogP contribution in [0.15, 0.2) is 23.1 Å². The highest BCUT2D eigenvalue weighted by Crippen LogP contribution is 2.22. The van der Waals surface area contributed by atoms with E-state index in [0.717, 1.165) is 0 Å². The molecule has 100 valence electrons. The van der Waals surface area contributed by atoms with E-state index in [-0.39, 0.29) is 22.8 Å². The molecular weight excluding hydrogens is 260 g/mol. The first-order chi connectivity index (χ1) is 8.21. The van der Waals surface area contributed by atoms with Gasteiger partial charge in [-0.05, 0) is 18.2 Å². The fourth-order valence-corrected chi connectivity index (χ4v) is 1.97. The van der Waals surface area contributed by atoms with E-state index < -0.39 is 22.0 Å². The summed E-state index contributed by atoms with van der Waals surface area (Å²) in [5, 5.41) is 16.8. The summed E-state index contributed by atoms with van der Waals surface area (Å²) >= 11 is 0. The maximum atomic E-state index is 11.3. The van der Waals surface area contributed by atoms with Crippen LogP contribution in [0.25, 0.3) is 0 Å². The highest BCUT2D eigenvalue weighted by atomic mass is 32.2. The van der Waals surface area contributed by atoms with E-state index in [1.807, 2.05) is 0 Å². The number of aliphatic hydroxyl groups excluding tert-OH is 1. The third-order valence-electron chi connectivity index (χ3n) is 2.13. The minimum Gasteiger partial charge on any atom is -0.399 e. The molecule has 8 nitrogen and oxygen atoms in total. The lowest BCUT2D eigenvalue weighted by Crippen LogP contribution is -2.34. The van der Waals surface area contributed by atoms with Crippen molar-refractivity contribution in [2.75, 3.05) is 17.6 Å². The molecule has 0 aromatic heterocycles. The van der Waals surface area contributed by atoms with Gasteiger partial charge in [-0.3, -0.25) is 4.79 Å². The predicted octanol–water partition coefficient (Wildman–Crippen LogP) is -1.83. The molecule has 1 amide bonds. The van der Waals surface area contributed by atoms with E-state index in [2.05, 4.69) is 5.32 Å². The first-order valence-electron chi connectivity index (χ1n) is 4.85. The summed E-state index contributed by atoms with van der Waals surface area (Å²) in [5.41, 5.74) is 10.7. The minimum absolute atomic E-state index is 0.131. The van der Waals surface area contributed by atoms with Crippen LogP contribution in [0, 0.1) is 0 Å². The minimum atomic E-state index is -3.96. The second kappa shape index (κ2) is 5.21. The average molecular weight is 274 g/mol. The first-order valence-corrected chi connectivity index (χ1v) is 6.40. The molecule has 0 aliphatic heterocycles. The number of rotatable bonds is 5. The fourth-order valence-electron chi connectivity index (χ4n) is 1.23. The van der Waals surface area contributed by atoms with Gasteiger partial charge in [0.25, 0.3) is 0 Å². The predicted molar refractivity (Wildman–Crippen MR) is 65.9 cm³/mol. The number of carbonyl (C=O) groups is 1. The van der Waals surface area contributed by atoms with Crippen molar-refractivity contribution in [3.05, 3.63) is 18.2 Å². The lowest BCUT2D eigenvalue weighted by molar-refractivity contribution is -0.125. The smallest absolute Gasteiger partial charge is 0.248 e. The van der Waals surface area contributed by atoms with Crippen LogP contribution in [0.5, 0.6) is 0 Å². The van der Waals surface area contributed by atoms with Crippen molar-refractivity contribution in [2.45, 2.75) is 11.0 Å². The standard InChI is InChI=1S/C9H14N4O4S/c10-5-1-2-6(8(3-5)18(12,16)17)13-4-7(14)9(11)15/h1-3,7,13-14H,4,10H2,(H2,11,15)(H2,12,16,17). The molecule has 9 heteroatoms. The SMILES string of the molecule is NC(=O)C(O)CNc1ccc(N)cc1S(N)(=O)=O. The van der Waals surface area contributed by atoms with Gasteiger partial charge in [-0.25, -0.2) is 13.6 Å². The molecule has 1 aromatic rings. The third-order valence-corrected chi connectivity index (χ3v) is 3.08. The quantitative estimate of drug-likeness (QED) is 0.397. The van der Waals surface area contributed by atoms with Crippen molar-refractivity contribution in [1.82, 2.24) is 0 Å². The van der Waals surface area contributed by atoms with Gasteiger partial charge in [0.05, 0.1) is 5.69 Å². The molecule has 1 aromatic carbocycles. The molecule has 1 atom stereocenters. The van der Waals surface area contributed by atoms with E-state index in [1.165, 1.54) is 18.2 Å². The molecule has 1 rings (SSSR count). The van der Waals surface area contributed by atoms with Gasteiger partial charge >= 0.3 is 0 Å². The molecule has 0 aliphatic carbocycles. The van der Waals surface area contributed by atoms with Crippen molar-refractivity contribution in [2.24, 2.45) is 10.9 Å². The van der Waals surface area contributed by atoms with E-state index in [1.54, 1.807) is 0 Å². The Morgan fingerprint density at radius 3 is 2.56 bits per heavy atom. The molecule has 0 saturated carbocycles. The highest BCUT2D eigenvalue weighted by Gasteiger charge is 2.16. The Bertz CT molecular complexity index is 558. The van der Waals surface area contributed by atoms with Crippen LogP contribution in [0.4, 0.5) is 11.4 Å². The number of nitrogens with one attached hydrogen (secondary N) is 1. The number of hydrogen-bond acceptors (Lipinski definition) is 6. The zero-order valence-corrected chi connectivity index (χ0v) is 10.1. The maximum Gasteiger partial charge on any atom is 0.248 e. The van der Waals surface area contributed by atoms with Gasteiger partial charge in [0.15, 0.2) is 0 Å². The molecule has 0 spiro atoms. The van der Waals surface area contributed by atoms with Crippen LogP contribution in [0.3, 0.4) is 0 Å². The number of primary amides is 1. The Morgan fingerprint density at radius 1 is 1.44 bits per heavy atom. The molecule has 0 aliphatic rings. The molecule has 18 heavy (non-hydrogen) atoms. The fraction of sp³-hybridized carbons (Fsp3) is 0.222. The molecule has 8 N–H and O–H groups in total. The van der Waals surface area contributed by atoms with Gasteiger partial charge in [0.1, 0.15) is 11.0 Å². The Labute approximate surface area is 104 Å². The van der Waals surface area contributed by atoms with Crippen LogP contribution >= 0.6 is 0 Å². The molecular formula is C9H14N4O4S. The molecule has 0 bridgehead atoms. The molecule has 1 unspecified atom stereocenters. The largest absolute Gasteiger partial charge is 0.399 e. The van der Waals surface area contributed by atoms with E-state index in [4.69, 9.17) is 16.6 Å². The van der Waals surface area contributed by atoms with Gasteiger partial charge < -0.3 is 21.9 Å². The number of sulfonamides is 1.